The molecule has 15 heteroatoms. The van der Waals surface area contributed by atoms with Crippen LogP contribution in [0.4, 0.5) is 8.78 Å². The molecule has 0 amide bonds. The predicted molar refractivity (Wildman–Crippen MR) is 142 cm³/mol. The van der Waals surface area contributed by atoms with Gasteiger partial charge in [0.1, 0.15) is 11.3 Å². The standard InChI is InChI=1S/C25H21BrF2N5O6P/c1-2-38-24(34)25(40(35,36)37,12-14-3-5-16(27)6-4-14)39-13-21-18-8-7-17(11-20(18)29-30-21)33-22-10-15(26)9-19(28)23(22)31-32-33/h3-11H,2,12-13H2,1H3,(H,29,30)(H2,35,36,37). The van der Waals surface area contributed by atoms with Crippen molar-refractivity contribution in [2.24, 2.45) is 0 Å². The first-order chi connectivity index (χ1) is 19.0. The Balaban J connectivity index is 1.48. The van der Waals surface area contributed by atoms with E-state index in [1.54, 1.807) is 24.3 Å². The van der Waals surface area contributed by atoms with E-state index in [0.717, 1.165) is 12.1 Å². The number of hydrogen-bond donors (Lipinski definition) is 3. The van der Waals surface area contributed by atoms with Crippen LogP contribution in [0.1, 0.15) is 18.2 Å². The molecule has 0 fully saturated rings. The van der Waals surface area contributed by atoms with E-state index >= 15 is 0 Å². The molecular weight excluding hydrogens is 615 g/mol. The monoisotopic (exact) mass is 635 g/mol. The fourth-order valence-electron chi connectivity index (χ4n) is 4.24. The lowest BCUT2D eigenvalue weighted by Gasteiger charge is -2.31. The summed E-state index contributed by atoms with van der Waals surface area (Å²) >= 11 is 3.26. The number of benzene rings is 3. The average Bonchev–Trinajstić information content (AvgIpc) is 3.51. The lowest BCUT2D eigenvalue weighted by atomic mass is 10.1. The van der Waals surface area contributed by atoms with Crippen LogP contribution >= 0.6 is 23.5 Å². The molecule has 5 rings (SSSR count). The molecule has 3 N–H and O–H groups in total. The molecule has 0 bridgehead atoms. The van der Waals surface area contributed by atoms with Crippen LogP contribution in [-0.4, -0.2) is 52.9 Å². The van der Waals surface area contributed by atoms with Gasteiger partial charge in [-0.05, 0) is 55.0 Å². The van der Waals surface area contributed by atoms with Crippen LogP contribution in [0, 0.1) is 11.6 Å². The van der Waals surface area contributed by atoms with Crippen LogP contribution in [0.25, 0.3) is 27.6 Å². The van der Waals surface area contributed by atoms with Crippen molar-refractivity contribution in [2.45, 2.75) is 25.3 Å². The van der Waals surface area contributed by atoms with Crippen molar-refractivity contribution >= 4 is 51.4 Å². The first kappa shape index (κ1) is 28.0. The van der Waals surface area contributed by atoms with Crippen LogP contribution in [-0.2, 0) is 31.9 Å². The summed E-state index contributed by atoms with van der Waals surface area (Å²) < 4.78 is 53.1. The van der Waals surface area contributed by atoms with E-state index in [1.165, 1.54) is 29.8 Å². The number of carbonyl (C=O) groups excluding carboxylic acids is 1. The van der Waals surface area contributed by atoms with Gasteiger partial charge in [0.05, 0.1) is 35.6 Å². The molecule has 5 aromatic rings. The molecule has 0 saturated carbocycles. The molecule has 3 aromatic carbocycles. The molecule has 1 atom stereocenters. The second-order valence-corrected chi connectivity index (χ2v) is 11.5. The minimum atomic E-state index is -5.30. The SMILES string of the molecule is CCOC(=O)C(Cc1ccc(F)cc1)(OCc1[nH]nc2cc(-n3nnc4c(F)cc(Br)cc43)ccc12)P(=O)(O)O. The molecule has 0 spiro atoms. The Labute approximate surface area is 233 Å². The van der Waals surface area contributed by atoms with E-state index in [9.17, 15) is 27.9 Å². The minimum absolute atomic E-state index is 0.0910. The molecular formula is C25H21BrF2N5O6P. The van der Waals surface area contributed by atoms with Crippen molar-refractivity contribution in [3.8, 4) is 5.69 Å². The lowest BCUT2D eigenvalue weighted by molar-refractivity contribution is -0.164. The van der Waals surface area contributed by atoms with Crippen LogP contribution in [0.2, 0.25) is 0 Å². The van der Waals surface area contributed by atoms with Gasteiger partial charge in [-0.15, -0.1) is 5.10 Å². The quantitative estimate of drug-likeness (QED) is 0.157. The molecule has 1 unspecified atom stereocenters. The van der Waals surface area contributed by atoms with Gasteiger partial charge in [-0.2, -0.15) is 5.10 Å². The van der Waals surface area contributed by atoms with Gasteiger partial charge in [-0.1, -0.05) is 33.3 Å². The summed E-state index contributed by atoms with van der Waals surface area (Å²) in [6, 6.07) is 12.8. The lowest BCUT2D eigenvalue weighted by Crippen LogP contribution is -2.45. The molecule has 0 aliphatic carbocycles. The molecule has 2 heterocycles. The van der Waals surface area contributed by atoms with E-state index in [2.05, 4.69) is 36.4 Å². The second-order valence-electron chi connectivity index (χ2n) is 8.80. The van der Waals surface area contributed by atoms with Gasteiger partial charge < -0.3 is 19.3 Å². The van der Waals surface area contributed by atoms with Crippen LogP contribution < -0.4 is 0 Å². The Kier molecular flexibility index (Phi) is 7.55. The van der Waals surface area contributed by atoms with Crippen molar-refractivity contribution in [2.75, 3.05) is 6.61 Å². The Hall–Kier alpha value is -3.55. The number of carbonyl (C=O) groups is 1. The Morgan fingerprint density at radius 1 is 1.15 bits per heavy atom. The Bertz CT molecular complexity index is 1770. The molecule has 0 radical (unpaired) electrons. The third-order valence-corrected chi connectivity index (χ3v) is 8.08. The summed E-state index contributed by atoms with van der Waals surface area (Å²) in [6.45, 7) is 0.886. The number of halogens is 3. The number of hydrogen-bond acceptors (Lipinski definition) is 7. The topological polar surface area (TPSA) is 152 Å². The van der Waals surface area contributed by atoms with E-state index in [1.807, 2.05) is 0 Å². The predicted octanol–water partition coefficient (Wildman–Crippen LogP) is 4.53. The average molecular weight is 636 g/mol. The van der Waals surface area contributed by atoms with Gasteiger partial charge >= 0.3 is 13.6 Å². The summed E-state index contributed by atoms with van der Waals surface area (Å²) in [5.41, 5.74) is 2.05. The number of esters is 1. The third-order valence-electron chi connectivity index (χ3n) is 6.21. The fraction of sp³-hybridized carbons (Fsp3) is 0.200. The number of fused-ring (bicyclic) bond motifs is 2. The highest BCUT2D eigenvalue weighted by atomic mass is 79.9. The minimum Gasteiger partial charge on any atom is -0.463 e. The number of aromatic nitrogens is 5. The van der Waals surface area contributed by atoms with Gasteiger partial charge in [-0.3, -0.25) is 9.66 Å². The summed E-state index contributed by atoms with van der Waals surface area (Å²) in [5, 5.41) is 12.8. The summed E-state index contributed by atoms with van der Waals surface area (Å²) in [5.74, 6) is -2.34. The maximum Gasteiger partial charge on any atom is 0.369 e. The van der Waals surface area contributed by atoms with Crippen molar-refractivity contribution in [3.05, 3.63) is 82.0 Å². The fourth-order valence-corrected chi connectivity index (χ4v) is 5.58. The highest BCUT2D eigenvalue weighted by Crippen LogP contribution is 2.54. The summed E-state index contributed by atoms with van der Waals surface area (Å²) in [7, 11) is -5.30. The molecule has 0 saturated heterocycles. The number of nitrogens with zero attached hydrogens (tertiary/aromatic N) is 4. The molecule has 208 valence electrons. The zero-order chi connectivity index (χ0) is 28.7. The number of rotatable bonds is 9. The molecule has 2 aromatic heterocycles. The Morgan fingerprint density at radius 3 is 2.60 bits per heavy atom. The van der Waals surface area contributed by atoms with Gasteiger partial charge in [0.2, 0.25) is 0 Å². The van der Waals surface area contributed by atoms with Crippen LogP contribution in [0.5, 0.6) is 0 Å². The Morgan fingerprint density at radius 2 is 1.90 bits per heavy atom. The largest absolute Gasteiger partial charge is 0.463 e. The maximum absolute atomic E-state index is 14.3. The van der Waals surface area contributed by atoms with Gasteiger partial charge in [0, 0.05) is 16.3 Å². The number of H-pyrrole nitrogens is 1. The maximum atomic E-state index is 14.3. The van der Waals surface area contributed by atoms with Crippen molar-refractivity contribution in [1.29, 1.82) is 0 Å². The van der Waals surface area contributed by atoms with Gasteiger partial charge in [0.15, 0.2) is 5.82 Å². The van der Waals surface area contributed by atoms with Crippen LogP contribution in [0.3, 0.4) is 0 Å². The summed E-state index contributed by atoms with van der Waals surface area (Å²) in [6.07, 6.45) is -0.571. The van der Waals surface area contributed by atoms with E-state index in [-0.39, 0.29) is 17.7 Å². The summed E-state index contributed by atoms with van der Waals surface area (Å²) in [4.78, 5) is 33.5. The van der Waals surface area contributed by atoms with Crippen LogP contribution in [0.15, 0.2) is 59.1 Å². The van der Waals surface area contributed by atoms with E-state index in [4.69, 9.17) is 9.47 Å². The van der Waals surface area contributed by atoms with Gasteiger partial charge in [-0.25, -0.2) is 18.3 Å². The zero-order valence-electron chi connectivity index (χ0n) is 20.7. The molecule has 11 nitrogen and oxygen atoms in total. The molecule has 0 aliphatic heterocycles. The normalized spacial score (nSPS) is 13.6. The molecule has 0 aliphatic rings. The second kappa shape index (κ2) is 10.8. The number of ether oxygens (including phenoxy) is 2. The van der Waals surface area contributed by atoms with Crippen molar-refractivity contribution in [3.63, 3.8) is 0 Å². The van der Waals surface area contributed by atoms with Crippen molar-refractivity contribution in [1.82, 2.24) is 25.2 Å². The number of aromatic amines is 1. The van der Waals surface area contributed by atoms with Gasteiger partial charge in [0.25, 0.3) is 5.34 Å². The zero-order valence-corrected chi connectivity index (χ0v) is 23.2. The number of nitrogens with one attached hydrogen (secondary N) is 1. The van der Waals surface area contributed by atoms with Crippen molar-refractivity contribution < 1.29 is 37.4 Å². The van der Waals surface area contributed by atoms with E-state index in [0.29, 0.717) is 32.3 Å². The highest BCUT2D eigenvalue weighted by molar-refractivity contribution is 9.10. The molecule has 40 heavy (non-hydrogen) atoms. The first-order valence-electron chi connectivity index (χ1n) is 11.8. The third kappa shape index (κ3) is 5.16. The highest BCUT2D eigenvalue weighted by Gasteiger charge is 2.56. The van der Waals surface area contributed by atoms with E-state index < -0.39 is 43.6 Å². The first-order valence-corrected chi connectivity index (χ1v) is 14.2. The smallest absolute Gasteiger partial charge is 0.369 e.